The number of nitrogens with one attached hydrogen (secondary N) is 2. The normalized spacial score (nSPS) is 18.4. The number of aliphatic hydroxyl groups is 1. The van der Waals surface area contributed by atoms with Crippen LogP contribution in [0.1, 0.15) is 41.7 Å². The molecule has 42 heavy (non-hydrogen) atoms. The molecule has 0 radical (unpaired) electrons. The number of amides is 1. The van der Waals surface area contributed by atoms with Gasteiger partial charge < -0.3 is 24.1 Å². The van der Waals surface area contributed by atoms with Gasteiger partial charge in [-0.2, -0.15) is 0 Å². The van der Waals surface area contributed by atoms with Crippen molar-refractivity contribution in [3.8, 4) is 11.5 Å². The summed E-state index contributed by atoms with van der Waals surface area (Å²) in [4.78, 5) is 30.7. The molecule has 2 heterocycles. The zero-order valence-electron chi connectivity index (χ0n) is 23.6. The average molecular weight is 572 g/mol. The van der Waals surface area contributed by atoms with Gasteiger partial charge in [0.05, 0.1) is 38.6 Å². The largest absolute Gasteiger partial charge is 0.497 e. The molecule has 3 atom stereocenters. The number of anilines is 1. The van der Waals surface area contributed by atoms with Crippen molar-refractivity contribution < 1.29 is 28.8 Å². The Balaban J connectivity index is 1.49. The van der Waals surface area contributed by atoms with Gasteiger partial charge in [0.25, 0.3) is 5.56 Å². The zero-order chi connectivity index (χ0) is 29.7. The van der Waals surface area contributed by atoms with Crippen molar-refractivity contribution in [2.45, 2.75) is 37.3 Å². The number of ether oxygens (including phenoxy) is 4. The highest BCUT2D eigenvalue weighted by atomic mass is 16.6. The van der Waals surface area contributed by atoms with E-state index < -0.39 is 29.5 Å². The molecule has 0 bridgehead atoms. The molecule has 1 amide bonds. The van der Waals surface area contributed by atoms with Crippen LogP contribution in [-0.2, 0) is 19.9 Å². The number of aliphatic hydroxyl groups excluding tert-OH is 1. The average Bonchev–Trinajstić information content (AvgIpc) is 3.38. The maximum Gasteiger partial charge on any atom is 0.258 e. The summed E-state index contributed by atoms with van der Waals surface area (Å²) in [5, 5.41) is 13.4. The summed E-state index contributed by atoms with van der Waals surface area (Å²) in [7, 11) is 3.23. The summed E-state index contributed by atoms with van der Waals surface area (Å²) in [6, 6.07) is 25.1. The smallest absolute Gasteiger partial charge is 0.258 e. The minimum Gasteiger partial charge on any atom is -0.497 e. The third kappa shape index (κ3) is 5.91. The summed E-state index contributed by atoms with van der Waals surface area (Å²) in [5.74, 6) is 1.10. The molecular weight excluding hydrogens is 538 g/mol. The van der Waals surface area contributed by atoms with E-state index in [0.29, 0.717) is 11.5 Å². The number of aromatic amines is 1. The van der Waals surface area contributed by atoms with Crippen molar-refractivity contribution in [3.05, 3.63) is 118 Å². The second-order valence-corrected chi connectivity index (χ2v) is 9.98. The van der Waals surface area contributed by atoms with Crippen molar-refractivity contribution in [2.24, 2.45) is 0 Å². The molecular formula is C32H33N3O7. The Morgan fingerprint density at radius 3 is 2.07 bits per heavy atom. The predicted molar refractivity (Wildman–Crippen MR) is 156 cm³/mol. The van der Waals surface area contributed by atoms with E-state index in [4.69, 9.17) is 18.9 Å². The number of nitrogens with zero attached hydrogens (tertiary/aromatic N) is 1. The maximum atomic E-state index is 12.7. The molecule has 0 spiro atoms. The first-order chi connectivity index (χ1) is 20.3. The molecule has 0 aliphatic carbocycles. The Labute approximate surface area is 243 Å². The highest BCUT2D eigenvalue weighted by molar-refractivity contribution is 5.86. The second kappa shape index (κ2) is 12.6. The van der Waals surface area contributed by atoms with Gasteiger partial charge in [0, 0.05) is 19.5 Å². The number of rotatable bonds is 10. The number of hydrogen-bond acceptors (Lipinski definition) is 8. The summed E-state index contributed by atoms with van der Waals surface area (Å²) in [6.07, 6.45) is -0.798. The topological polar surface area (TPSA) is 132 Å². The number of methoxy groups -OCH3 is 2. The maximum absolute atomic E-state index is 12.7. The lowest BCUT2D eigenvalue weighted by atomic mass is 9.80. The van der Waals surface area contributed by atoms with Crippen molar-refractivity contribution in [1.29, 1.82) is 0 Å². The van der Waals surface area contributed by atoms with Crippen LogP contribution < -0.4 is 20.3 Å². The van der Waals surface area contributed by atoms with Gasteiger partial charge in [-0.15, -0.1) is 0 Å². The number of hydrogen-bond donors (Lipinski definition) is 3. The van der Waals surface area contributed by atoms with Gasteiger partial charge in [0.15, 0.2) is 0 Å². The van der Waals surface area contributed by atoms with Gasteiger partial charge in [0.2, 0.25) is 11.9 Å². The SMILES string of the molecule is COc1ccc(C(OC[C@H]2O[C@@H](c3cnc(NC(C)=O)[nH]c3=O)C[C@H]2O)(c2ccccc2)c2ccc(OC)cc2)cc1. The van der Waals surface area contributed by atoms with E-state index in [1.807, 2.05) is 78.9 Å². The molecule has 1 aliphatic heterocycles. The number of carbonyl (C=O) groups is 1. The molecule has 5 rings (SSSR count). The second-order valence-electron chi connectivity index (χ2n) is 9.98. The van der Waals surface area contributed by atoms with Gasteiger partial charge in [0.1, 0.15) is 23.2 Å². The van der Waals surface area contributed by atoms with Crippen molar-refractivity contribution in [2.75, 3.05) is 26.1 Å². The van der Waals surface area contributed by atoms with E-state index in [-0.39, 0.29) is 30.4 Å². The first-order valence-electron chi connectivity index (χ1n) is 13.5. The molecule has 1 saturated heterocycles. The fourth-order valence-corrected chi connectivity index (χ4v) is 5.22. The van der Waals surface area contributed by atoms with Crippen LogP contribution in [0.4, 0.5) is 5.95 Å². The van der Waals surface area contributed by atoms with Crippen molar-refractivity contribution >= 4 is 11.9 Å². The summed E-state index contributed by atoms with van der Waals surface area (Å²) in [6.45, 7) is 1.34. The Morgan fingerprint density at radius 2 is 1.55 bits per heavy atom. The molecule has 218 valence electrons. The van der Waals surface area contributed by atoms with Gasteiger partial charge in [-0.05, 0) is 41.0 Å². The molecule has 10 nitrogen and oxygen atoms in total. The molecule has 10 heteroatoms. The van der Waals surface area contributed by atoms with Crippen molar-refractivity contribution in [3.63, 3.8) is 0 Å². The fraction of sp³-hybridized carbons (Fsp3) is 0.281. The van der Waals surface area contributed by atoms with E-state index in [9.17, 15) is 14.7 Å². The standard InChI is InChI=1S/C32H33N3O7/c1-20(36)34-31-33-18-26(30(38)35-31)28-17-27(37)29(42-28)19-41-32(21-7-5-4-6-8-21,22-9-13-24(39-2)14-10-22)23-11-15-25(40-3)16-12-23/h4-16,18,27-29,37H,17,19H2,1-3H3,(H2,33,34,35,36,38)/t27-,28-,29-/m1/s1. The Morgan fingerprint density at radius 1 is 0.976 bits per heavy atom. The summed E-state index contributed by atoms with van der Waals surface area (Å²) < 4.78 is 23.8. The van der Waals surface area contributed by atoms with Gasteiger partial charge >= 0.3 is 0 Å². The minimum absolute atomic E-state index is 0.0138. The lowest BCUT2D eigenvalue weighted by Gasteiger charge is -2.37. The number of benzene rings is 3. The lowest BCUT2D eigenvalue weighted by Crippen LogP contribution is -2.38. The lowest BCUT2D eigenvalue weighted by molar-refractivity contribution is -0.114. The van der Waals surface area contributed by atoms with Crippen LogP contribution in [0.3, 0.4) is 0 Å². The molecule has 1 aliphatic rings. The molecule has 1 aromatic heterocycles. The summed E-state index contributed by atoms with van der Waals surface area (Å²) >= 11 is 0. The zero-order valence-corrected chi connectivity index (χ0v) is 23.6. The van der Waals surface area contributed by atoms with Gasteiger partial charge in [-0.3, -0.25) is 19.9 Å². The van der Waals surface area contributed by atoms with E-state index in [1.165, 1.54) is 13.1 Å². The quantitative estimate of drug-likeness (QED) is 0.244. The van der Waals surface area contributed by atoms with Crippen LogP contribution in [0.2, 0.25) is 0 Å². The summed E-state index contributed by atoms with van der Waals surface area (Å²) in [5.41, 5.74) is 1.28. The highest BCUT2D eigenvalue weighted by Gasteiger charge is 2.42. The van der Waals surface area contributed by atoms with E-state index in [1.54, 1.807) is 14.2 Å². The Hall–Kier alpha value is -4.51. The molecule has 0 unspecified atom stereocenters. The number of H-pyrrole nitrogens is 1. The third-order valence-corrected chi connectivity index (χ3v) is 7.33. The highest BCUT2D eigenvalue weighted by Crippen LogP contribution is 2.43. The fourth-order valence-electron chi connectivity index (χ4n) is 5.22. The monoisotopic (exact) mass is 571 g/mol. The van der Waals surface area contributed by atoms with Gasteiger partial charge in [-0.1, -0.05) is 54.6 Å². The van der Waals surface area contributed by atoms with Crippen LogP contribution in [0.5, 0.6) is 11.5 Å². The number of aromatic nitrogens is 2. The molecule has 3 aromatic carbocycles. The van der Waals surface area contributed by atoms with Crippen LogP contribution in [0.25, 0.3) is 0 Å². The van der Waals surface area contributed by atoms with Crippen LogP contribution in [0.15, 0.2) is 89.9 Å². The first-order valence-corrected chi connectivity index (χ1v) is 13.5. The minimum atomic E-state index is -1.08. The molecule has 1 fully saturated rings. The van der Waals surface area contributed by atoms with Crippen LogP contribution in [0, 0.1) is 0 Å². The predicted octanol–water partition coefficient (Wildman–Crippen LogP) is 3.95. The van der Waals surface area contributed by atoms with Gasteiger partial charge in [-0.25, -0.2) is 4.98 Å². The molecule has 3 N–H and O–H groups in total. The van der Waals surface area contributed by atoms with Crippen LogP contribution >= 0.6 is 0 Å². The number of carbonyl (C=O) groups excluding carboxylic acids is 1. The Bertz CT molecular complexity index is 1510. The molecule has 0 saturated carbocycles. The first kappa shape index (κ1) is 29.0. The van der Waals surface area contributed by atoms with E-state index in [0.717, 1.165) is 16.7 Å². The van der Waals surface area contributed by atoms with Crippen LogP contribution in [-0.4, -0.2) is 54.0 Å². The molecule has 4 aromatic rings. The van der Waals surface area contributed by atoms with E-state index >= 15 is 0 Å². The van der Waals surface area contributed by atoms with Crippen molar-refractivity contribution in [1.82, 2.24) is 9.97 Å². The third-order valence-electron chi connectivity index (χ3n) is 7.33. The Kier molecular flexibility index (Phi) is 8.67. The van der Waals surface area contributed by atoms with E-state index in [2.05, 4.69) is 15.3 Å².